The molecule has 4 saturated carbocycles. The summed E-state index contributed by atoms with van der Waals surface area (Å²) in [5.74, 6) is 3.48. The number of pyridine rings is 1. The van der Waals surface area contributed by atoms with Crippen molar-refractivity contribution in [2.45, 2.75) is 76.4 Å². The van der Waals surface area contributed by atoms with Gasteiger partial charge in [-0.05, 0) is 105 Å². The van der Waals surface area contributed by atoms with Gasteiger partial charge in [-0.3, -0.25) is 9.59 Å². The topological polar surface area (TPSA) is 191 Å². The van der Waals surface area contributed by atoms with Crippen LogP contribution >= 0.6 is 0 Å². The predicted octanol–water partition coefficient (Wildman–Crippen LogP) is 4.29. The van der Waals surface area contributed by atoms with Gasteiger partial charge in [0.2, 0.25) is 11.8 Å². The molecule has 2 heterocycles. The van der Waals surface area contributed by atoms with Crippen molar-refractivity contribution in [3.63, 3.8) is 0 Å². The monoisotopic (exact) mass is 638 g/mol. The smallest absolute Gasteiger partial charge is 0.258 e. The minimum absolute atomic E-state index is 0.0136. The van der Waals surface area contributed by atoms with Crippen molar-refractivity contribution in [2.75, 3.05) is 24.6 Å². The molecule has 2 amide bonds. The molecule has 12 heteroatoms. The van der Waals surface area contributed by atoms with Gasteiger partial charge in [0.15, 0.2) is 5.82 Å². The number of nitrogen functional groups attached to an aromatic ring is 2. The van der Waals surface area contributed by atoms with Crippen molar-refractivity contribution < 1.29 is 19.1 Å². The Balaban J connectivity index is 0.906. The van der Waals surface area contributed by atoms with Crippen LogP contribution in [0.15, 0.2) is 42.7 Å². The highest BCUT2D eigenvalue weighted by Crippen LogP contribution is 2.55. The van der Waals surface area contributed by atoms with Gasteiger partial charge in [0.1, 0.15) is 24.2 Å². The summed E-state index contributed by atoms with van der Waals surface area (Å²) in [7, 11) is 0. The highest BCUT2D eigenvalue weighted by atomic mass is 16.5. The second kappa shape index (κ2) is 14.2. The van der Waals surface area contributed by atoms with Gasteiger partial charge in [0.05, 0.1) is 24.1 Å². The SMILES string of the molecule is N#Cc1cc(-c2cnc(N)c(OCc3ccnc(N)c3)n2)ccc1OCCCNC(=O)CCCC(=O)NC12CC3CC(CC(C3)C1)C2. The van der Waals surface area contributed by atoms with Gasteiger partial charge in [-0.25, -0.2) is 15.0 Å². The van der Waals surface area contributed by atoms with E-state index in [1.807, 2.05) is 0 Å². The molecule has 47 heavy (non-hydrogen) atoms. The quantitative estimate of drug-likeness (QED) is 0.185. The first-order valence-corrected chi connectivity index (χ1v) is 16.5. The molecule has 0 unspecified atom stereocenters. The third-order valence-corrected chi connectivity index (χ3v) is 9.54. The van der Waals surface area contributed by atoms with Crippen molar-refractivity contribution in [1.82, 2.24) is 25.6 Å². The summed E-state index contributed by atoms with van der Waals surface area (Å²) in [5.41, 5.74) is 14.0. The lowest BCUT2D eigenvalue weighted by molar-refractivity contribution is -0.127. The first kappa shape index (κ1) is 32.0. The minimum Gasteiger partial charge on any atom is -0.492 e. The van der Waals surface area contributed by atoms with Crippen LogP contribution in [0.2, 0.25) is 0 Å². The number of nitrogens with zero attached hydrogens (tertiary/aromatic N) is 4. The van der Waals surface area contributed by atoms with Gasteiger partial charge >= 0.3 is 0 Å². The first-order chi connectivity index (χ1) is 22.8. The van der Waals surface area contributed by atoms with Gasteiger partial charge in [0, 0.05) is 36.7 Å². The molecule has 0 spiro atoms. The molecule has 0 atom stereocenters. The molecule has 0 aliphatic heterocycles. The van der Waals surface area contributed by atoms with E-state index in [9.17, 15) is 14.9 Å². The number of aromatic nitrogens is 3. The lowest BCUT2D eigenvalue weighted by Gasteiger charge is -2.56. The van der Waals surface area contributed by atoms with E-state index in [4.69, 9.17) is 20.9 Å². The molecular formula is C35H42N8O4. The van der Waals surface area contributed by atoms with E-state index in [0.29, 0.717) is 67.2 Å². The largest absolute Gasteiger partial charge is 0.492 e. The van der Waals surface area contributed by atoms with E-state index in [-0.39, 0.29) is 35.7 Å². The number of amides is 2. The van der Waals surface area contributed by atoms with E-state index in [1.165, 1.54) is 25.5 Å². The van der Waals surface area contributed by atoms with E-state index in [2.05, 4.69) is 31.7 Å². The van der Waals surface area contributed by atoms with Crippen LogP contribution in [0.4, 0.5) is 11.6 Å². The molecule has 4 fully saturated rings. The van der Waals surface area contributed by atoms with Crippen LogP contribution in [0.1, 0.15) is 75.3 Å². The van der Waals surface area contributed by atoms with Crippen LogP contribution < -0.4 is 31.6 Å². The highest BCUT2D eigenvalue weighted by molar-refractivity contribution is 5.79. The first-order valence-electron chi connectivity index (χ1n) is 16.5. The fourth-order valence-corrected chi connectivity index (χ4v) is 7.87. The molecule has 7 rings (SSSR count). The standard InChI is InChI=1S/C35H42N8O4/c36-19-27-15-26(28-20-41-33(38)34(42-28)47-21-22-7-9-39-30(37)14-22)5-6-29(27)46-10-2-8-40-31(44)3-1-4-32(45)43-35-16-23-11-24(17-35)13-25(12-23)18-35/h5-7,9,14-15,20,23-25H,1-4,8,10-13,16-18,21H2,(H2,37,39)(H2,38,41)(H,40,44)(H,43,45). The van der Waals surface area contributed by atoms with Crippen molar-refractivity contribution >= 4 is 23.5 Å². The maximum Gasteiger partial charge on any atom is 0.258 e. The summed E-state index contributed by atoms with van der Waals surface area (Å²) in [6.07, 6.45) is 12.3. The second-order valence-electron chi connectivity index (χ2n) is 13.3. The summed E-state index contributed by atoms with van der Waals surface area (Å²) >= 11 is 0. The van der Waals surface area contributed by atoms with Crippen LogP contribution in [0, 0.1) is 29.1 Å². The Morgan fingerprint density at radius 2 is 1.70 bits per heavy atom. The third kappa shape index (κ3) is 8.09. The van der Waals surface area contributed by atoms with E-state index in [1.54, 1.807) is 36.5 Å². The number of nitriles is 1. The van der Waals surface area contributed by atoms with Crippen LogP contribution in [0.5, 0.6) is 11.6 Å². The van der Waals surface area contributed by atoms with E-state index in [0.717, 1.165) is 42.6 Å². The molecule has 0 saturated heterocycles. The number of benzene rings is 1. The average Bonchev–Trinajstić information content (AvgIpc) is 3.03. The van der Waals surface area contributed by atoms with Gasteiger partial charge in [-0.2, -0.15) is 5.26 Å². The average molecular weight is 639 g/mol. The van der Waals surface area contributed by atoms with Crippen molar-refractivity contribution in [2.24, 2.45) is 17.8 Å². The third-order valence-electron chi connectivity index (χ3n) is 9.54. The van der Waals surface area contributed by atoms with Crippen LogP contribution in [0.25, 0.3) is 11.3 Å². The highest BCUT2D eigenvalue weighted by Gasteiger charge is 2.51. The molecular weight excluding hydrogens is 596 g/mol. The number of rotatable bonds is 14. The Bertz CT molecular complexity index is 1620. The number of carbonyl (C=O) groups excluding carboxylic acids is 2. The van der Waals surface area contributed by atoms with Crippen molar-refractivity contribution in [3.05, 3.63) is 53.9 Å². The summed E-state index contributed by atoms with van der Waals surface area (Å²) in [5, 5.41) is 16.0. The molecule has 1 aromatic carbocycles. The molecule has 2 aromatic heterocycles. The van der Waals surface area contributed by atoms with E-state index < -0.39 is 0 Å². The van der Waals surface area contributed by atoms with Crippen LogP contribution in [-0.2, 0) is 16.2 Å². The molecule has 3 aromatic rings. The summed E-state index contributed by atoms with van der Waals surface area (Å²) in [6, 6.07) is 10.8. The zero-order chi connectivity index (χ0) is 32.8. The minimum atomic E-state index is -0.0764. The summed E-state index contributed by atoms with van der Waals surface area (Å²) in [4.78, 5) is 37.7. The molecule has 4 aliphatic rings. The van der Waals surface area contributed by atoms with E-state index >= 15 is 0 Å². The number of hydrogen-bond donors (Lipinski definition) is 4. The zero-order valence-corrected chi connectivity index (χ0v) is 26.5. The molecule has 0 radical (unpaired) electrons. The van der Waals surface area contributed by atoms with Crippen molar-refractivity contribution in [3.8, 4) is 29.0 Å². The molecule has 4 bridgehead atoms. The lowest BCUT2D eigenvalue weighted by atomic mass is 9.53. The fraction of sp³-hybridized carbons (Fsp3) is 0.486. The molecule has 246 valence electrons. The number of nitrogens with one attached hydrogen (secondary N) is 2. The Labute approximate surface area is 274 Å². The summed E-state index contributed by atoms with van der Waals surface area (Å²) < 4.78 is 11.6. The maximum atomic E-state index is 12.7. The number of carbonyl (C=O) groups is 2. The number of anilines is 2. The Morgan fingerprint density at radius 3 is 2.43 bits per heavy atom. The van der Waals surface area contributed by atoms with Gasteiger partial charge in [-0.1, -0.05) is 0 Å². The molecule has 12 nitrogen and oxygen atoms in total. The normalized spacial score (nSPS) is 22.3. The van der Waals surface area contributed by atoms with Crippen molar-refractivity contribution in [1.29, 1.82) is 5.26 Å². The van der Waals surface area contributed by atoms with Gasteiger partial charge < -0.3 is 31.6 Å². The second-order valence-corrected chi connectivity index (χ2v) is 13.3. The Kier molecular flexibility index (Phi) is 9.71. The molecule has 6 N–H and O–H groups in total. The number of nitrogens with two attached hydrogens (primary N) is 2. The zero-order valence-electron chi connectivity index (χ0n) is 26.5. The fourth-order valence-electron chi connectivity index (χ4n) is 7.87. The van der Waals surface area contributed by atoms with Gasteiger partial charge in [0.25, 0.3) is 5.88 Å². The number of hydrogen-bond acceptors (Lipinski definition) is 10. The van der Waals surface area contributed by atoms with Crippen LogP contribution in [-0.4, -0.2) is 45.5 Å². The van der Waals surface area contributed by atoms with Crippen LogP contribution in [0.3, 0.4) is 0 Å². The number of ether oxygens (including phenoxy) is 2. The Morgan fingerprint density at radius 1 is 0.957 bits per heavy atom. The maximum absolute atomic E-state index is 12.7. The Hall–Kier alpha value is -4.92. The van der Waals surface area contributed by atoms with Gasteiger partial charge in [-0.15, -0.1) is 0 Å². The predicted molar refractivity (Wildman–Crippen MR) is 176 cm³/mol. The molecule has 4 aliphatic carbocycles. The summed E-state index contributed by atoms with van der Waals surface area (Å²) in [6.45, 7) is 0.944. The lowest BCUT2D eigenvalue weighted by Crippen LogP contribution is -2.59.